The van der Waals surface area contributed by atoms with Gasteiger partial charge in [-0.2, -0.15) is 0 Å². The first-order valence-corrected chi connectivity index (χ1v) is 5.33. The highest BCUT2D eigenvalue weighted by Crippen LogP contribution is 2.31. The SMILES string of the molecule is CC(C)c1[c]nc(-c2ccc(Cl)cc2O)o1. The van der Waals surface area contributed by atoms with Gasteiger partial charge in [0.15, 0.2) is 0 Å². The molecule has 83 valence electrons. The van der Waals surface area contributed by atoms with E-state index in [0.717, 1.165) is 0 Å². The van der Waals surface area contributed by atoms with Crippen molar-refractivity contribution in [3.05, 3.63) is 35.2 Å². The Labute approximate surface area is 98.7 Å². The fraction of sp³-hybridized carbons (Fsp3) is 0.250. The minimum Gasteiger partial charge on any atom is -0.507 e. The highest BCUT2D eigenvalue weighted by molar-refractivity contribution is 6.30. The van der Waals surface area contributed by atoms with Crippen molar-refractivity contribution in [2.45, 2.75) is 19.8 Å². The van der Waals surface area contributed by atoms with E-state index in [-0.39, 0.29) is 11.7 Å². The van der Waals surface area contributed by atoms with Crippen LogP contribution in [0.1, 0.15) is 25.5 Å². The highest BCUT2D eigenvalue weighted by atomic mass is 35.5. The molecule has 0 atom stereocenters. The first-order chi connectivity index (χ1) is 7.58. The fourth-order valence-corrected chi connectivity index (χ4v) is 1.47. The van der Waals surface area contributed by atoms with Crippen LogP contribution in [-0.4, -0.2) is 10.1 Å². The molecule has 1 radical (unpaired) electrons. The van der Waals surface area contributed by atoms with Gasteiger partial charge in [-0.1, -0.05) is 25.4 Å². The largest absolute Gasteiger partial charge is 0.507 e. The number of phenolic OH excluding ortho intramolecular Hbond substituents is 1. The van der Waals surface area contributed by atoms with E-state index in [0.29, 0.717) is 22.2 Å². The van der Waals surface area contributed by atoms with Gasteiger partial charge in [-0.05, 0) is 18.2 Å². The van der Waals surface area contributed by atoms with Crippen LogP contribution in [0.15, 0.2) is 22.6 Å². The van der Waals surface area contributed by atoms with Crippen molar-refractivity contribution in [1.29, 1.82) is 0 Å². The zero-order chi connectivity index (χ0) is 11.7. The minimum absolute atomic E-state index is 0.0538. The lowest BCUT2D eigenvalue weighted by molar-refractivity contribution is 0.465. The van der Waals surface area contributed by atoms with Crippen LogP contribution in [0.25, 0.3) is 11.5 Å². The first kappa shape index (κ1) is 11.0. The second-order valence-corrected chi connectivity index (χ2v) is 4.25. The van der Waals surface area contributed by atoms with Crippen LogP contribution >= 0.6 is 11.6 Å². The molecule has 0 fully saturated rings. The van der Waals surface area contributed by atoms with E-state index in [4.69, 9.17) is 16.0 Å². The molecule has 2 rings (SSSR count). The van der Waals surface area contributed by atoms with Crippen LogP contribution in [0, 0.1) is 6.20 Å². The molecule has 0 unspecified atom stereocenters. The minimum atomic E-state index is 0.0538. The van der Waals surface area contributed by atoms with E-state index in [2.05, 4.69) is 11.2 Å². The van der Waals surface area contributed by atoms with Gasteiger partial charge in [-0.15, -0.1) is 0 Å². The molecule has 0 saturated carbocycles. The summed E-state index contributed by atoms with van der Waals surface area (Å²) in [6.07, 6.45) is 2.78. The first-order valence-electron chi connectivity index (χ1n) is 4.95. The van der Waals surface area contributed by atoms with E-state index in [9.17, 15) is 5.11 Å². The van der Waals surface area contributed by atoms with E-state index in [1.807, 2.05) is 13.8 Å². The second kappa shape index (κ2) is 4.18. The molecule has 0 aliphatic heterocycles. The number of aromatic hydroxyl groups is 1. The van der Waals surface area contributed by atoms with E-state index >= 15 is 0 Å². The Morgan fingerprint density at radius 3 is 2.75 bits per heavy atom. The van der Waals surface area contributed by atoms with Gasteiger partial charge in [-0.25, -0.2) is 4.98 Å². The number of hydrogen-bond acceptors (Lipinski definition) is 3. The van der Waals surface area contributed by atoms with E-state index in [1.165, 1.54) is 6.07 Å². The normalized spacial score (nSPS) is 11.0. The molecule has 16 heavy (non-hydrogen) atoms. The molecule has 1 N–H and O–H groups in total. The third-order valence-corrected chi connectivity index (χ3v) is 2.42. The molecule has 0 spiro atoms. The Hall–Kier alpha value is -1.48. The standard InChI is InChI=1S/C12H11ClNO2/c1-7(2)11-6-14-12(16-11)9-4-3-8(13)5-10(9)15/h3-5,7,15H,1-2H3. The second-order valence-electron chi connectivity index (χ2n) is 3.81. The molecule has 1 aromatic heterocycles. The lowest BCUT2D eigenvalue weighted by Gasteiger charge is -2.01. The van der Waals surface area contributed by atoms with Gasteiger partial charge < -0.3 is 9.52 Å². The van der Waals surface area contributed by atoms with Crippen LogP contribution in [0.2, 0.25) is 5.02 Å². The number of benzene rings is 1. The third kappa shape index (κ3) is 2.04. The number of aromatic nitrogens is 1. The van der Waals surface area contributed by atoms with Crippen LogP contribution < -0.4 is 0 Å². The summed E-state index contributed by atoms with van der Waals surface area (Å²) in [6, 6.07) is 4.80. The summed E-state index contributed by atoms with van der Waals surface area (Å²) in [4.78, 5) is 4.00. The summed E-state index contributed by atoms with van der Waals surface area (Å²) in [7, 11) is 0. The van der Waals surface area contributed by atoms with E-state index in [1.54, 1.807) is 12.1 Å². The predicted octanol–water partition coefficient (Wildman–Crippen LogP) is 3.62. The highest BCUT2D eigenvalue weighted by Gasteiger charge is 2.13. The van der Waals surface area contributed by atoms with Crippen molar-refractivity contribution in [3.8, 4) is 17.2 Å². The number of phenols is 1. The summed E-state index contributed by atoms with van der Waals surface area (Å²) in [5, 5.41) is 10.2. The monoisotopic (exact) mass is 236 g/mol. The van der Waals surface area contributed by atoms with Crippen molar-refractivity contribution in [2.75, 3.05) is 0 Å². The maximum atomic E-state index is 9.69. The fourth-order valence-electron chi connectivity index (χ4n) is 1.30. The van der Waals surface area contributed by atoms with Gasteiger partial charge in [0.2, 0.25) is 5.89 Å². The smallest absolute Gasteiger partial charge is 0.230 e. The molecule has 2 aromatic rings. The number of halogens is 1. The molecule has 4 heteroatoms. The average Bonchev–Trinajstić information content (AvgIpc) is 2.66. The zero-order valence-corrected chi connectivity index (χ0v) is 9.75. The molecule has 1 heterocycles. The summed E-state index contributed by atoms with van der Waals surface area (Å²) in [5.74, 6) is 1.30. The van der Waals surface area contributed by atoms with Gasteiger partial charge in [0, 0.05) is 10.9 Å². The molecule has 0 aliphatic rings. The lowest BCUT2D eigenvalue weighted by Crippen LogP contribution is -1.81. The van der Waals surface area contributed by atoms with E-state index < -0.39 is 0 Å². The summed E-state index contributed by atoms with van der Waals surface area (Å²) < 4.78 is 5.48. The molecule has 0 aliphatic carbocycles. The van der Waals surface area contributed by atoms with Gasteiger partial charge in [0.1, 0.15) is 17.7 Å². The van der Waals surface area contributed by atoms with Gasteiger partial charge in [0.25, 0.3) is 0 Å². The van der Waals surface area contributed by atoms with Crippen molar-refractivity contribution in [3.63, 3.8) is 0 Å². The van der Waals surface area contributed by atoms with Crippen molar-refractivity contribution >= 4 is 11.6 Å². The maximum absolute atomic E-state index is 9.69. The summed E-state index contributed by atoms with van der Waals surface area (Å²) in [6.45, 7) is 3.98. The Morgan fingerprint density at radius 1 is 1.44 bits per heavy atom. The molecule has 3 nitrogen and oxygen atoms in total. The molecule has 1 aromatic carbocycles. The Kier molecular flexibility index (Phi) is 2.88. The maximum Gasteiger partial charge on any atom is 0.230 e. The van der Waals surface area contributed by atoms with Crippen LogP contribution in [0.4, 0.5) is 0 Å². The van der Waals surface area contributed by atoms with Crippen molar-refractivity contribution in [1.82, 2.24) is 4.98 Å². The van der Waals surface area contributed by atoms with Gasteiger partial charge >= 0.3 is 0 Å². The third-order valence-electron chi connectivity index (χ3n) is 2.19. The number of oxazole rings is 1. The Morgan fingerprint density at radius 2 is 2.19 bits per heavy atom. The van der Waals surface area contributed by atoms with Crippen LogP contribution in [0.5, 0.6) is 5.75 Å². The number of nitrogens with zero attached hydrogens (tertiary/aromatic N) is 1. The number of hydrogen-bond donors (Lipinski definition) is 1. The molecular weight excluding hydrogens is 226 g/mol. The quantitative estimate of drug-likeness (QED) is 0.866. The van der Waals surface area contributed by atoms with Crippen LogP contribution in [0.3, 0.4) is 0 Å². The summed E-state index contributed by atoms with van der Waals surface area (Å²) in [5.41, 5.74) is 0.521. The van der Waals surface area contributed by atoms with Gasteiger partial charge in [0.05, 0.1) is 5.56 Å². The molecule has 0 bridgehead atoms. The molecule has 0 saturated heterocycles. The van der Waals surface area contributed by atoms with Crippen molar-refractivity contribution < 1.29 is 9.52 Å². The predicted molar refractivity (Wildman–Crippen MR) is 61.5 cm³/mol. The Bertz CT molecular complexity index is 505. The zero-order valence-electron chi connectivity index (χ0n) is 8.99. The molecular formula is C12H11ClNO2. The van der Waals surface area contributed by atoms with Gasteiger partial charge in [-0.3, -0.25) is 0 Å². The topological polar surface area (TPSA) is 46.3 Å². The van der Waals surface area contributed by atoms with Crippen molar-refractivity contribution in [2.24, 2.45) is 0 Å². The van der Waals surface area contributed by atoms with Crippen LogP contribution in [-0.2, 0) is 0 Å². The lowest BCUT2D eigenvalue weighted by atomic mass is 10.2. The summed E-state index contributed by atoms with van der Waals surface area (Å²) >= 11 is 5.74. The molecule has 0 amide bonds. The Balaban J connectivity index is 2.42. The number of rotatable bonds is 2. The average molecular weight is 237 g/mol.